The lowest BCUT2D eigenvalue weighted by molar-refractivity contribution is -0.143. The SMILES string of the molecule is O=C(O)[C@@H]1CSc2c(C(F)(F)F)c(Cc3cccc4ccccc34)cc(=O)n21. The number of hydrogen-bond donors (Lipinski definition) is 1. The van der Waals surface area contributed by atoms with E-state index in [0.717, 1.165) is 33.2 Å². The second-order valence-corrected chi connectivity index (χ2v) is 7.54. The van der Waals surface area contributed by atoms with Crippen molar-refractivity contribution in [2.24, 2.45) is 0 Å². The van der Waals surface area contributed by atoms with Crippen molar-refractivity contribution >= 4 is 28.5 Å². The van der Waals surface area contributed by atoms with E-state index in [1.54, 1.807) is 18.2 Å². The Labute approximate surface area is 161 Å². The molecule has 3 aromatic rings. The van der Waals surface area contributed by atoms with Crippen LogP contribution in [0.2, 0.25) is 0 Å². The van der Waals surface area contributed by atoms with Crippen LogP contribution >= 0.6 is 11.8 Å². The fourth-order valence-electron chi connectivity index (χ4n) is 3.59. The number of fused-ring (bicyclic) bond motifs is 2. The number of thioether (sulfide) groups is 1. The number of benzene rings is 2. The minimum Gasteiger partial charge on any atom is -0.480 e. The minimum atomic E-state index is -4.70. The third-order valence-corrected chi connectivity index (χ3v) is 5.96. The highest BCUT2D eigenvalue weighted by Gasteiger charge is 2.42. The van der Waals surface area contributed by atoms with E-state index in [0.29, 0.717) is 5.56 Å². The third-order valence-electron chi connectivity index (χ3n) is 4.81. The molecule has 144 valence electrons. The van der Waals surface area contributed by atoms with Gasteiger partial charge in [-0.05, 0) is 28.3 Å². The second kappa shape index (κ2) is 6.70. The average molecular weight is 405 g/mol. The van der Waals surface area contributed by atoms with Crippen LogP contribution < -0.4 is 5.56 Å². The number of nitrogens with zero attached hydrogens (tertiary/aromatic N) is 1. The standard InChI is InChI=1S/C20H14F3NO3S/c21-20(22,23)17-13(8-12-6-3-5-11-4-1-2-7-14(11)12)9-16(25)24-15(19(26)27)10-28-18(17)24/h1-7,9,15H,8,10H2,(H,26,27)/t15-/m0/s1. The van der Waals surface area contributed by atoms with Crippen molar-refractivity contribution in [2.45, 2.75) is 23.7 Å². The summed E-state index contributed by atoms with van der Waals surface area (Å²) in [6, 6.07) is 12.4. The van der Waals surface area contributed by atoms with Crippen LogP contribution in [0, 0.1) is 0 Å². The molecule has 0 radical (unpaired) electrons. The number of hydrogen-bond acceptors (Lipinski definition) is 3. The van der Waals surface area contributed by atoms with E-state index in [1.807, 2.05) is 24.3 Å². The summed E-state index contributed by atoms with van der Waals surface area (Å²) in [5.41, 5.74) is -1.12. The van der Waals surface area contributed by atoms with Crippen molar-refractivity contribution in [3.8, 4) is 0 Å². The molecule has 1 aliphatic heterocycles. The zero-order valence-corrected chi connectivity index (χ0v) is 15.2. The van der Waals surface area contributed by atoms with Crippen LogP contribution in [-0.2, 0) is 17.4 Å². The molecule has 2 aromatic carbocycles. The Morgan fingerprint density at radius 3 is 2.57 bits per heavy atom. The second-order valence-electron chi connectivity index (χ2n) is 6.54. The predicted octanol–water partition coefficient (Wildman–Crippen LogP) is 4.34. The fourth-order valence-corrected chi connectivity index (χ4v) is 4.95. The molecule has 0 fully saturated rings. The molecular formula is C20H14F3NO3S. The highest BCUT2D eigenvalue weighted by molar-refractivity contribution is 7.99. The van der Waals surface area contributed by atoms with Gasteiger partial charge in [-0.3, -0.25) is 9.36 Å². The Morgan fingerprint density at radius 2 is 1.86 bits per heavy atom. The Kier molecular flexibility index (Phi) is 4.45. The van der Waals surface area contributed by atoms with Gasteiger partial charge in [0.2, 0.25) is 0 Å². The Hall–Kier alpha value is -2.74. The Bertz CT molecular complexity index is 1150. The van der Waals surface area contributed by atoms with E-state index < -0.39 is 29.3 Å². The molecule has 28 heavy (non-hydrogen) atoms. The monoisotopic (exact) mass is 405 g/mol. The van der Waals surface area contributed by atoms with E-state index in [2.05, 4.69) is 0 Å². The van der Waals surface area contributed by atoms with Crippen LogP contribution in [0.4, 0.5) is 13.2 Å². The first-order valence-corrected chi connectivity index (χ1v) is 9.44. The molecule has 0 bridgehead atoms. The van der Waals surface area contributed by atoms with Gasteiger partial charge in [-0.1, -0.05) is 42.5 Å². The third kappa shape index (κ3) is 3.07. The molecule has 0 amide bonds. The molecule has 0 spiro atoms. The highest BCUT2D eigenvalue weighted by atomic mass is 32.2. The molecule has 4 nitrogen and oxygen atoms in total. The normalized spacial score (nSPS) is 16.3. The Balaban J connectivity index is 1.92. The van der Waals surface area contributed by atoms with Crippen LogP contribution in [0.5, 0.6) is 0 Å². The first kappa shape index (κ1) is 18.6. The molecule has 1 aliphatic rings. The summed E-state index contributed by atoms with van der Waals surface area (Å²) in [5, 5.41) is 10.6. The first-order valence-electron chi connectivity index (χ1n) is 8.45. The molecule has 0 saturated heterocycles. The van der Waals surface area contributed by atoms with E-state index in [-0.39, 0.29) is 22.8 Å². The number of alkyl halides is 3. The number of pyridine rings is 1. The van der Waals surface area contributed by atoms with Crippen molar-refractivity contribution in [3.05, 3.63) is 75.6 Å². The fraction of sp³-hybridized carbons (Fsp3) is 0.200. The van der Waals surface area contributed by atoms with Gasteiger partial charge >= 0.3 is 12.1 Å². The summed E-state index contributed by atoms with van der Waals surface area (Å²) in [6.45, 7) is 0. The van der Waals surface area contributed by atoms with Crippen LogP contribution in [0.1, 0.15) is 22.7 Å². The summed E-state index contributed by atoms with van der Waals surface area (Å²) >= 11 is 0.762. The number of aliphatic carboxylic acids is 1. The topological polar surface area (TPSA) is 59.3 Å². The van der Waals surface area contributed by atoms with Crippen LogP contribution in [0.15, 0.2) is 58.4 Å². The quantitative estimate of drug-likeness (QED) is 0.704. The zero-order chi connectivity index (χ0) is 20.1. The van der Waals surface area contributed by atoms with Gasteiger partial charge in [-0.25, -0.2) is 4.79 Å². The maximum absolute atomic E-state index is 13.9. The highest BCUT2D eigenvalue weighted by Crippen LogP contribution is 2.44. The van der Waals surface area contributed by atoms with Crippen LogP contribution in [0.3, 0.4) is 0 Å². The molecule has 0 unspecified atom stereocenters. The summed E-state index contributed by atoms with van der Waals surface area (Å²) in [5.74, 6) is -1.42. The largest absolute Gasteiger partial charge is 0.480 e. The van der Waals surface area contributed by atoms with E-state index >= 15 is 0 Å². The summed E-state index contributed by atoms with van der Waals surface area (Å²) < 4.78 is 42.5. The van der Waals surface area contributed by atoms with Gasteiger partial charge < -0.3 is 5.11 Å². The van der Waals surface area contributed by atoms with Gasteiger partial charge in [-0.15, -0.1) is 11.8 Å². The molecule has 1 aromatic heterocycles. The van der Waals surface area contributed by atoms with Crippen LogP contribution in [0.25, 0.3) is 10.8 Å². The number of aromatic nitrogens is 1. The maximum atomic E-state index is 13.9. The van der Waals surface area contributed by atoms with Crippen molar-refractivity contribution in [3.63, 3.8) is 0 Å². The Morgan fingerprint density at radius 1 is 1.14 bits per heavy atom. The number of carboxylic acids is 1. The molecule has 8 heteroatoms. The lowest BCUT2D eigenvalue weighted by Crippen LogP contribution is -2.31. The van der Waals surface area contributed by atoms with Crippen molar-refractivity contribution < 1.29 is 23.1 Å². The molecular weight excluding hydrogens is 391 g/mol. The van der Waals surface area contributed by atoms with Gasteiger partial charge in [0.15, 0.2) is 0 Å². The molecule has 1 atom stereocenters. The summed E-state index contributed by atoms with van der Waals surface area (Å²) in [6.07, 6.45) is -4.78. The molecule has 2 heterocycles. The molecule has 0 saturated carbocycles. The smallest absolute Gasteiger partial charge is 0.419 e. The average Bonchev–Trinajstić information content (AvgIpc) is 3.06. The zero-order valence-electron chi connectivity index (χ0n) is 14.4. The molecule has 0 aliphatic carbocycles. The van der Waals surface area contributed by atoms with Crippen molar-refractivity contribution in [1.29, 1.82) is 0 Å². The van der Waals surface area contributed by atoms with Crippen molar-refractivity contribution in [2.75, 3.05) is 5.75 Å². The van der Waals surface area contributed by atoms with Gasteiger partial charge in [0.05, 0.1) is 10.6 Å². The van der Waals surface area contributed by atoms with E-state index in [9.17, 15) is 27.9 Å². The van der Waals surface area contributed by atoms with Gasteiger partial charge in [-0.2, -0.15) is 13.2 Å². The lowest BCUT2D eigenvalue weighted by Gasteiger charge is -2.19. The predicted molar refractivity (Wildman–Crippen MR) is 99.9 cm³/mol. The van der Waals surface area contributed by atoms with Gasteiger partial charge in [0, 0.05) is 11.8 Å². The van der Waals surface area contributed by atoms with E-state index in [4.69, 9.17) is 0 Å². The first-order chi connectivity index (χ1) is 13.3. The lowest BCUT2D eigenvalue weighted by atomic mass is 9.96. The minimum absolute atomic E-state index is 0.0719. The van der Waals surface area contributed by atoms with E-state index in [1.165, 1.54) is 0 Å². The van der Waals surface area contributed by atoms with Crippen LogP contribution in [-0.4, -0.2) is 21.4 Å². The van der Waals surface area contributed by atoms with Crippen molar-refractivity contribution in [1.82, 2.24) is 4.57 Å². The summed E-state index contributed by atoms with van der Waals surface area (Å²) in [4.78, 5) is 23.8. The maximum Gasteiger partial charge on any atom is 0.419 e. The summed E-state index contributed by atoms with van der Waals surface area (Å²) in [7, 11) is 0. The van der Waals surface area contributed by atoms with Gasteiger partial charge in [0.25, 0.3) is 5.56 Å². The van der Waals surface area contributed by atoms with Gasteiger partial charge in [0.1, 0.15) is 6.04 Å². The number of carboxylic acid groups (broad SMARTS) is 1. The number of rotatable bonds is 3. The number of carbonyl (C=O) groups is 1. The molecule has 1 N–H and O–H groups in total. The molecule has 4 rings (SSSR count). The number of halogens is 3.